The smallest absolute Gasteiger partial charge is 0.205 e. The van der Waals surface area contributed by atoms with Gasteiger partial charge in [0.1, 0.15) is 5.75 Å². The van der Waals surface area contributed by atoms with Gasteiger partial charge in [0, 0.05) is 29.2 Å². The standard InChI is InChI=1S/C20H19Br2NO/c1-23(17-8-3-2-4-9-17)20-10-6-5-7-15(20)11-14-12-16(21)13-18(22)19(14)24-20/h2-4,8-9,11-13H,5-7,10H2,1H3. The van der Waals surface area contributed by atoms with Crippen molar-refractivity contribution in [2.45, 2.75) is 31.4 Å². The molecule has 24 heavy (non-hydrogen) atoms. The number of fused-ring (bicyclic) bond motifs is 2. The number of para-hydroxylation sites is 1. The van der Waals surface area contributed by atoms with Crippen molar-refractivity contribution in [3.05, 3.63) is 62.5 Å². The Morgan fingerprint density at radius 1 is 1.08 bits per heavy atom. The van der Waals surface area contributed by atoms with Gasteiger partial charge in [-0.1, -0.05) is 34.1 Å². The summed E-state index contributed by atoms with van der Waals surface area (Å²) < 4.78 is 8.77. The maximum absolute atomic E-state index is 6.72. The highest BCUT2D eigenvalue weighted by Crippen LogP contribution is 2.49. The van der Waals surface area contributed by atoms with Crippen LogP contribution in [0.4, 0.5) is 5.69 Å². The van der Waals surface area contributed by atoms with Gasteiger partial charge in [-0.05, 0) is 71.1 Å². The van der Waals surface area contributed by atoms with Crippen LogP contribution in [0.25, 0.3) is 6.08 Å². The SMILES string of the molecule is CN(c1ccccc1)C12CCCCC1=Cc1cc(Br)cc(Br)c1O2. The third-order valence-corrected chi connectivity index (χ3v) is 6.08. The molecule has 1 unspecified atom stereocenters. The summed E-state index contributed by atoms with van der Waals surface area (Å²) in [5.74, 6) is 0.937. The minimum absolute atomic E-state index is 0.386. The minimum Gasteiger partial charge on any atom is -0.462 e. The number of hydrogen-bond donors (Lipinski definition) is 0. The van der Waals surface area contributed by atoms with Crippen molar-refractivity contribution in [1.29, 1.82) is 0 Å². The summed E-state index contributed by atoms with van der Waals surface area (Å²) in [7, 11) is 2.15. The third-order valence-electron chi connectivity index (χ3n) is 5.04. The average molecular weight is 449 g/mol. The van der Waals surface area contributed by atoms with Crippen LogP contribution in [0.3, 0.4) is 0 Å². The molecular formula is C20H19Br2NO. The fourth-order valence-electron chi connectivity index (χ4n) is 3.80. The molecule has 0 saturated heterocycles. The van der Waals surface area contributed by atoms with Crippen LogP contribution in [-0.2, 0) is 0 Å². The monoisotopic (exact) mass is 447 g/mol. The van der Waals surface area contributed by atoms with Gasteiger partial charge in [-0.25, -0.2) is 0 Å². The summed E-state index contributed by atoms with van der Waals surface area (Å²) in [4.78, 5) is 2.30. The third kappa shape index (κ3) is 2.60. The van der Waals surface area contributed by atoms with Gasteiger partial charge in [-0.3, -0.25) is 0 Å². The van der Waals surface area contributed by atoms with Crippen LogP contribution in [0, 0.1) is 0 Å². The summed E-state index contributed by atoms with van der Waals surface area (Å²) in [5.41, 5.74) is 3.31. The molecule has 4 heteroatoms. The predicted molar refractivity (Wildman–Crippen MR) is 106 cm³/mol. The van der Waals surface area contributed by atoms with Crippen molar-refractivity contribution in [3.63, 3.8) is 0 Å². The fourth-order valence-corrected chi connectivity index (χ4v) is 5.14. The first-order valence-electron chi connectivity index (χ1n) is 8.28. The topological polar surface area (TPSA) is 12.5 Å². The summed E-state index contributed by atoms with van der Waals surface area (Å²) in [6.07, 6.45) is 6.82. The zero-order valence-corrected chi connectivity index (χ0v) is 16.7. The highest BCUT2D eigenvalue weighted by atomic mass is 79.9. The molecule has 1 atom stereocenters. The van der Waals surface area contributed by atoms with E-state index in [0.29, 0.717) is 0 Å². The van der Waals surface area contributed by atoms with Crippen LogP contribution in [0.1, 0.15) is 31.2 Å². The predicted octanol–water partition coefficient (Wildman–Crippen LogP) is 6.39. The molecule has 2 aromatic rings. The van der Waals surface area contributed by atoms with Crippen LogP contribution in [0.2, 0.25) is 0 Å². The first-order chi connectivity index (χ1) is 11.6. The molecule has 0 amide bonds. The van der Waals surface area contributed by atoms with E-state index in [2.05, 4.69) is 92.3 Å². The molecule has 4 rings (SSSR count). The number of benzene rings is 2. The molecule has 0 bridgehead atoms. The zero-order chi connectivity index (χ0) is 16.7. The minimum atomic E-state index is -0.386. The Kier molecular flexibility index (Phi) is 4.21. The second-order valence-corrected chi connectivity index (χ2v) is 8.23. The van der Waals surface area contributed by atoms with Crippen LogP contribution in [0.15, 0.2) is 57.0 Å². The summed E-state index contributed by atoms with van der Waals surface area (Å²) in [6, 6.07) is 14.7. The van der Waals surface area contributed by atoms with Gasteiger partial charge in [0.2, 0.25) is 5.72 Å². The Hall–Kier alpha value is -1.26. The number of nitrogens with zero attached hydrogens (tertiary/aromatic N) is 1. The highest BCUT2D eigenvalue weighted by Gasteiger charge is 2.45. The van der Waals surface area contributed by atoms with Crippen molar-refractivity contribution in [2.75, 3.05) is 11.9 Å². The van der Waals surface area contributed by atoms with E-state index in [1.54, 1.807) is 0 Å². The number of halogens is 2. The zero-order valence-electron chi connectivity index (χ0n) is 13.6. The lowest BCUT2D eigenvalue weighted by Gasteiger charge is -2.49. The van der Waals surface area contributed by atoms with Crippen molar-refractivity contribution < 1.29 is 4.74 Å². The van der Waals surface area contributed by atoms with Crippen LogP contribution >= 0.6 is 31.9 Å². The van der Waals surface area contributed by atoms with Gasteiger partial charge in [-0.15, -0.1) is 0 Å². The van der Waals surface area contributed by atoms with E-state index >= 15 is 0 Å². The van der Waals surface area contributed by atoms with Crippen molar-refractivity contribution in [3.8, 4) is 5.75 Å². The van der Waals surface area contributed by atoms with Crippen molar-refractivity contribution >= 4 is 43.6 Å². The Labute approximate surface area is 159 Å². The maximum Gasteiger partial charge on any atom is 0.205 e. The van der Waals surface area contributed by atoms with E-state index < -0.39 is 0 Å². The van der Waals surface area contributed by atoms with Crippen molar-refractivity contribution in [2.24, 2.45) is 0 Å². The van der Waals surface area contributed by atoms with Crippen LogP contribution in [0.5, 0.6) is 5.75 Å². The molecule has 1 heterocycles. The average Bonchev–Trinajstić information content (AvgIpc) is 2.60. The van der Waals surface area contributed by atoms with E-state index in [-0.39, 0.29) is 5.72 Å². The largest absolute Gasteiger partial charge is 0.462 e. The van der Waals surface area contributed by atoms with Crippen LogP contribution in [-0.4, -0.2) is 12.8 Å². The molecule has 0 aromatic heterocycles. The summed E-state index contributed by atoms with van der Waals surface area (Å²) in [5, 5.41) is 0. The van der Waals surface area contributed by atoms with E-state index in [4.69, 9.17) is 4.74 Å². The molecule has 1 saturated carbocycles. The molecule has 0 radical (unpaired) electrons. The second kappa shape index (κ2) is 6.23. The second-order valence-electron chi connectivity index (χ2n) is 6.46. The lowest BCUT2D eigenvalue weighted by molar-refractivity contribution is 0.0759. The number of rotatable bonds is 2. The molecule has 0 N–H and O–H groups in total. The maximum atomic E-state index is 6.72. The molecule has 2 aliphatic rings. The van der Waals surface area contributed by atoms with Crippen LogP contribution < -0.4 is 9.64 Å². The van der Waals surface area contributed by atoms with E-state index in [0.717, 1.165) is 33.1 Å². The highest BCUT2D eigenvalue weighted by molar-refractivity contribution is 9.11. The fraction of sp³-hybridized carbons (Fsp3) is 0.300. The molecule has 1 fully saturated rings. The van der Waals surface area contributed by atoms with E-state index in [9.17, 15) is 0 Å². The van der Waals surface area contributed by atoms with Gasteiger partial charge in [0.25, 0.3) is 0 Å². The number of ether oxygens (including phenoxy) is 1. The lowest BCUT2D eigenvalue weighted by atomic mass is 9.82. The molecule has 1 aliphatic carbocycles. The molecule has 124 valence electrons. The molecule has 0 spiro atoms. The number of likely N-dealkylation sites (N-methyl/N-ethyl adjacent to an activating group) is 1. The Balaban J connectivity index is 1.85. The number of hydrogen-bond acceptors (Lipinski definition) is 2. The van der Waals surface area contributed by atoms with Gasteiger partial charge in [-0.2, -0.15) is 0 Å². The summed E-state index contributed by atoms with van der Waals surface area (Å²) >= 11 is 7.26. The van der Waals surface area contributed by atoms with Gasteiger partial charge < -0.3 is 9.64 Å². The van der Waals surface area contributed by atoms with Gasteiger partial charge in [0.05, 0.1) is 4.47 Å². The first kappa shape index (κ1) is 16.2. The summed E-state index contributed by atoms with van der Waals surface area (Å²) in [6.45, 7) is 0. The quantitative estimate of drug-likeness (QED) is 0.527. The van der Waals surface area contributed by atoms with Crippen molar-refractivity contribution in [1.82, 2.24) is 0 Å². The molecule has 2 aromatic carbocycles. The van der Waals surface area contributed by atoms with E-state index in [1.807, 2.05) is 0 Å². The van der Waals surface area contributed by atoms with Gasteiger partial charge >= 0.3 is 0 Å². The molecule has 1 aliphatic heterocycles. The molecular weight excluding hydrogens is 430 g/mol. The van der Waals surface area contributed by atoms with E-state index in [1.165, 1.54) is 24.1 Å². The molecule has 2 nitrogen and oxygen atoms in total. The Morgan fingerprint density at radius 3 is 2.67 bits per heavy atom. The lowest BCUT2D eigenvalue weighted by Crippen LogP contribution is -2.55. The van der Waals surface area contributed by atoms with Gasteiger partial charge in [0.15, 0.2) is 0 Å². The first-order valence-corrected chi connectivity index (χ1v) is 9.87. The Bertz CT molecular complexity index is 803. The Morgan fingerprint density at radius 2 is 1.88 bits per heavy atom. The number of anilines is 1. The normalized spacial score (nSPS) is 22.0.